The molecule has 1 unspecified atom stereocenters. The highest BCUT2D eigenvalue weighted by Gasteiger charge is 2.26. The van der Waals surface area contributed by atoms with Crippen LogP contribution in [0.15, 0.2) is 59.5 Å². The van der Waals surface area contributed by atoms with Crippen LogP contribution in [0, 0.1) is 25.5 Å². The second kappa shape index (κ2) is 8.37. The van der Waals surface area contributed by atoms with Gasteiger partial charge in [-0.2, -0.15) is 9.78 Å². The number of rotatable bonds is 5. The summed E-state index contributed by atoms with van der Waals surface area (Å²) < 4.78 is 30.7. The number of benzene rings is 2. The summed E-state index contributed by atoms with van der Waals surface area (Å²) in [5.41, 5.74) is 1.42. The molecular formula is C24H22F2N4O2. The number of hydrogen-bond acceptors (Lipinski definition) is 3. The van der Waals surface area contributed by atoms with Crippen molar-refractivity contribution < 1.29 is 13.6 Å². The van der Waals surface area contributed by atoms with E-state index >= 15 is 0 Å². The molecule has 1 N–H and O–H groups in total. The van der Waals surface area contributed by atoms with Gasteiger partial charge in [0, 0.05) is 22.8 Å². The molecule has 0 saturated heterocycles. The average molecular weight is 436 g/mol. The van der Waals surface area contributed by atoms with Gasteiger partial charge < -0.3 is 9.88 Å². The van der Waals surface area contributed by atoms with Crippen molar-refractivity contribution in [2.24, 2.45) is 0 Å². The summed E-state index contributed by atoms with van der Waals surface area (Å²) in [5.74, 6) is -1.88. The van der Waals surface area contributed by atoms with Crippen molar-refractivity contribution in [2.75, 3.05) is 5.32 Å². The van der Waals surface area contributed by atoms with Gasteiger partial charge in [-0.15, -0.1) is 0 Å². The third-order valence-electron chi connectivity index (χ3n) is 5.64. The van der Waals surface area contributed by atoms with E-state index in [1.165, 1.54) is 4.68 Å². The highest BCUT2D eigenvalue weighted by molar-refractivity contribution is 5.95. The molecule has 1 atom stereocenters. The van der Waals surface area contributed by atoms with E-state index in [9.17, 15) is 18.4 Å². The number of anilines is 1. The molecule has 0 aliphatic heterocycles. The number of nitrogens with one attached hydrogen (secondary N) is 1. The molecule has 0 fully saturated rings. The van der Waals surface area contributed by atoms with E-state index in [1.807, 2.05) is 32.0 Å². The maximum Gasteiger partial charge on any atom is 0.281 e. The van der Waals surface area contributed by atoms with E-state index in [2.05, 4.69) is 10.4 Å². The van der Waals surface area contributed by atoms with Gasteiger partial charge in [0.25, 0.3) is 5.56 Å². The fourth-order valence-electron chi connectivity index (χ4n) is 4.09. The summed E-state index contributed by atoms with van der Waals surface area (Å²) in [6.07, 6.45) is 1.99. The van der Waals surface area contributed by atoms with Crippen LogP contribution in [0.25, 0.3) is 16.5 Å². The van der Waals surface area contributed by atoms with Crippen LogP contribution in [0.2, 0.25) is 0 Å². The molecular weight excluding hydrogens is 414 g/mol. The summed E-state index contributed by atoms with van der Waals surface area (Å²) in [6.45, 7) is 5.39. The Hall–Kier alpha value is -3.81. The lowest BCUT2D eigenvalue weighted by Crippen LogP contribution is -2.27. The lowest BCUT2D eigenvalue weighted by molar-refractivity contribution is -0.119. The first-order valence-corrected chi connectivity index (χ1v) is 10.2. The Morgan fingerprint density at radius 1 is 1.09 bits per heavy atom. The van der Waals surface area contributed by atoms with Gasteiger partial charge in [0.05, 0.1) is 23.0 Å². The Morgan fingerprint density at radius 2 is 1.81 bits per heavy atom. The Bertz CT molecular complexity index is 1380. The molecule has 0 bridgehead atoms. The number of carbonyl (C=O) groups excluding carboxylic acids is 1. The maximum atomic E-state index is 14.0. The van der Waals surface area contributed by atoms with E-state index in [-0.39, 0.29) is 11.2 Å². The van der Waals surface area contributed by atoms with Crippen LogP contribution in [0.1, 0.15) is 30.8 Å². The van der Waals surface area contributed by atoms with Crippen molar-refractivity contribution in [3.8, 4) is 5.69 Å². The highest BCUT2D eigenvalue weighted by Crippen LogP contribution is 2.29. The predicted molar refractivity (Wildman–Crippen MR) is 119 cm³/mol. The molecule has 0 saturated carbocycles. The van der Waals surface area contributed by atoms with E-state index in [1.54, 1.807) is 29.8 Å². The van der Waals surface area contributed by atoms with Crippen molar-refractivity contribution >= 4 is 22.4 Å². The van der Waals surface area contributed by atoms with Crippen LogP contribution in [-0.4, -0.2) is 20.3 Å². The second-order valence-corrected chi connectivity index (χ2v) is 7.56. The Labute approximate surface area is 183 Å². The number of hydrogen-bond donors (Lipinski definition) is 1. The molecule has 0 aliphatic rings. The van der Waals surface area contributed by atoms with Gasteiger partial charge in [-0.1, -0.05) is 25.1 Å². The van der Waals surface area contributed by atoms with Crippen LogP contribution < -0.4 is 10.9 Å². The molecule has 4 aromatic rings. The minimum absolute atomic E-state index is 0.228. The summed E-state index contributed by atoms with van der Waals surface area (Å²) in [4.78, 5) is 26.3. The summed E-state index contributed by atoms with van der Waals surface area (Å²) in [5, 5.41) is 7.89. The SMILES string of the molecule is CCC(C(=O)Nc1cc(F)ccc1F)n1c(C)c2cnn(-c3ccccc3)c(=O)c2c1C. The fourth-order valence-corrected chi connectivity index (χ4v) is 4.09. The average Bonchev–Trinajstić information content (AvgIpc) is 3.03. The first-order chi connectivity index (χ1) is 15.3. The monoisotopic (exact) mass is 436 g/mol. The number of fused-ring (bicyclic) bond motifs is 1. The summed E-state index contributed by atoms with van der Waals surface area (Å²) in [6, 6.07) is 11.2. The number of para-hydroxylation sites is 1. The normalized spacial score (nSPS) is 12.2. The van der Waals surface area contributed by atoms with E-state index < -0.39 is 23.6 Å². The molecule has 2 heterocycles. The maximum absolute atomic E-state index is 14.0. The lowest BCUT2D eigenvalue weighted by atomic mass is 10.1. The van der Waals surface area contributed by atoms with Crippen LogP contribution >= 0.6 is 0 Å². The Kier molecular flexibility index (Phi) is 5.61. The van der Waals surface area contributed by atoms with Crippen molar-refractivity contribution in [2.45, 2.75) is 33.2 Å². The predicted octanol–water partition coefficient (Wildman–Crippen LogP) is 4.67. The van der Waals surface area contributed by atoms with Crippen molar-refractivity contribution in [1.82, 2.24) is 14.3 Å². The van der Waals surface area contributed by atoms with Gasteiger partial charge in [0.2, 0.25) is 5.91 Å². The van der Waals surface area contributed by atoms with Crippen LogP contribution in [-0.2, 0) is 4.79 Å². The Morgan fingerprint density at radius 3 is 2.50 bits per heavy atom. The first kappa shape index (κ1) is 21.4. The van der Waals surface area contributed by atoms with Gasteiger partial charge in [0.1, 0.15) is 17.7 Å². The van der Waals surface area contributed by atoms with Crippen LogP contribution in [0.5, 0.6) is 0 Å². The number of carbonyl (C=O) groups is 1. The number of nitrogens with zero attached hydrogens (tertiary/aromatic N) is 3. The summed E-state index contributed by atoms with van der Waals surface area (Å²) >= 11 is 0. The molecule has 2 aromatic heterocycles. The molecule has 1 amide bonds. The molecule has 6 nitrogen and oxygen atoms in total. The van der Waals surface area contributed by atoms with Gasteiger partial charge >= 0.3 is 0 Å². The first-order valence-electron chi connectivity index (χ1n) is 10.2. The highest BCUT2D eigenvalue weighted by atomic mass is 19.1. The minimum Gasteiger partial charge on any atom is -0.335 e. The van der Waals surface area contributed by atoms with E-state index in [0.717, 1.165) is 18.2 Å². The summed E-state index contributed by atoms with van der Waals surface area (Å²) in [7, 11) is 0. The number of halogens is 2. The smallest absolute Gasteiger partial charge is 0.281 e. The molecule has 0 radical (unpaired) electrons. The molecule has 0 spiro atoms. The van der Waals surface area contributed by atoms with Crippen molar-refractivity contribution in [3.05, 3.63) is 88.1 Å². The number of aryl methyl sites for hydroxylation is 2. The van der Waals surface area contributed by atoms with Crippen LogP contribution in [0.3, 0.4) is 0 Å². The zero-order valence-corrected chi connectivity index (χ0v) is 17.9. The zero-order chi connectivity index (χ0) is 23.0. The zero-order valence-electron chi connectivity index (χ0n) is 17.9. The lowest BCUT2D eigenvalue weighted by Gasteiger charge is -2.21. The van der Waals surface area contributed by atoms with Gasteiger partial charge in [-0.05, 0) is 44.5 Å². The standard InChI is InChI=1S/C24H22F2N4O2/c1-4-21(23(31)28-20-12-16(25)10-11-19(20)26)29-14(2)18-13-27-30(17-8-6-5-7-9-17)24(32)22(18)15(29)3/h5-13,21H,4H2,1-3H3,(H,28,31). The second-order valence-electron chi connectivity index (χ2n) is 7.56. The van der Waals surface area contributed by atoms with Gasteiger partial charge in [-0.3, -0.25) is 9.59 Å². The topological polar surface area (TPSA) is 68.9 Å². The quantitative estimate of drug-likeness (QED) is 0.494. The molecule has 8 heteroatoms. The van der Waals surface area contributed by atoms with Gasteiger partial charge in [0.15, 0.2) is 0 Å². The third-order valence-corrected chi connectivity index (χ3v) is 5.64. The van der Waals surface area contributed by atoms with Crippen molar-refractivity contribution in [3.63, 3.8) is 0 Å². The number of aromatic nitrogens is 3. The van der Waals surface area contributed by atoms with Crippen LogP contribution in [0.4, 0.5) is 14.5 Å². The number of amides is 1. The molecule has 2 aromatic carbocycles. The third kappa shape index (κ3) is 3.57. The molecule has 4 rings (SSSR count). The Balaban J connectivity index is 1.80. The van der Waals surface area contributed by atoms with Crippen molar-refractivity contribution in [1.29, 1.82) is 0 Å². The largest absolute Gasteiger partial charge is 0.335 e. The molecule has 164 valence electrons. The molecule has 32 heavy (non-hydrogen) atoms. The molecule has 0 aliphatic carbocycles. The van der Waals surface area contributed by atoms with E-state index in [4.69, 9.17) is 0 Å². The minimum atomic E-state index is -0.727. The fraction of sp³-hybridized carbons (Fsp3) is 0.208. The van der Waals surface area contributed by atoms with E-state index in [0.29, 0.717) is 34.3 Å². The van der Waals surface area contributed by atoms with Gasteiger partial charge in [-0.25, -0.2) is 8.78 Å².